The van der Waals surface area contributed by atoms with Crippen LogP contribution >= 0.6 is 23.2 Å². The van der Waals surface area contributed by atoms with E-state index < -0.39 is 16.8 Å². The van der Waals surface area contributed by atoms with Crippen LogP contribution in [-0.4, -0.2) is 30.0 Å². The van der Waals surface area contributed by atoms with E-state index in [0.717, 1.165) is 17.7 Å². The summed E-state index contributed by atoms with van der Waals surface area (Å²) in [6.45, 7) is 0.114. The highest BCUT2D eigenvalue weighted by atomic mass is 35.5. The molecule has 20 heavy (non-hydrogen) atoms. The first-order valence-electron chi connectivity index (χ1n) is 5.91. The summed E-state index contributed by atoms with van der Waals surface area (Å²) in [5, 5.41) is 0. The van der Waals surface area contributed by atoms with Gasteiger partial charge in [0.1, 0.15) is 11.4 Å². The molecule has 0 fully saturated rings. The summed E-state index contributed by atoms with van der Waals surface area (Å²) in [7, 11) is 0. The molecule has 0 aliphatic carbocycles. The molecule has 0 unspecified atom stereocenters. The van der Waals surface area contributed by atoms with Gasteiger partial charge in [-0.05, 0) is 5.56 Å². The molecule has 0 saturated carbocycles. The SMILES string of the molecule is O=C(/C=C/C(=O)OCC(Cl)Cl)OCCc1ccccc1. The van der Waals surface area contributed by atoms with Gasteiger partial charge >= 0.3 is 11.9 Å². The van der Waals surface area contributed by atoms with Gasteiger partial charge in [-0.3, -0.25) is 0 Å². The molecule has 0 aromatic heterocycles. The zero-order chi connectivity index (χ0) is 14.8. The van der Waals surface area contributed by atoms with Crippen molar-refractivity contribution in [3.63, 3.8) is 0 Å². The van der Waals surface area contributed by atoms with Crippen molar-refractivity contribution < 1.29 is 19.1 Å². The largest absolute Gasteiger partial charge is 0.462 e. The molecule has 0 radical (unpaired) electrons. The molecule has 1 aromatic rings. The van der Waals surface area contributed by atoms with E-state index in [-0.39, 0.29) is 13.2 Å². The number of halogens is 2. The molecule has 0 aliphatic heterocycles. The Bertz CT molecular complexity index is 458. The first-order chi connectivity index (χ1) is 9.58. The minimum absolute atomic E-state index is 0.130. The van der Waals surface area contributed by atoms with Crippen molar-refractivity contribution in [2.45, 2.75) is 11.3 Å². The van der Waals surface area contributed by atoms with E-state index in [1.807, 2.05) is 30.3 Å². The molecule has 0 amide bonds. The number of carbonyl (C=O) groups is 2. The summed E-state index contributed by atoms with van der Waals surface area (Å²) in [5.74, 6) is -1.30. The Hall–Kier alpha value is -1.52. The maximum Gasteiger partial charge on any atom is 0.331 e. The van der Waals surface area contributed by atoms with Crippen molar-refractivity contribution >= 4 is 35.1 Å². The average Bonchev–Trinajstić information content (AvgIpc) is 2.44. The van der Waals surface area contributed by atoms with Crippen LogP contribution in [-0.2, 0) is 25.5 Å². The smallest absolute Gasteiger partial charge is 0.331 e. The van der Waals surface area contributed by atoms with E-state index in [1.54, 1.807) is 0 Å². The summed E-state index contributed by atoms with van der Waals surface area (Å²) in [4.78, 5) is 21.6. The monoisotopic (exact) mass is 316 g/mol. The number of carbonyl (C=O) groups excluding carboxylic acids is 2. The number of rotatable bonds is 7. The zero-order valence-corrected chi connectivity index (χ0v) is 12.1. The van der Waals surface area contributed by atoms with Gasteiger partial charge in [0.2, 0.25) is 0 Å². The predicted octanol–water partition coefficient (Wildman–Crippen LogP) is 2.68. The van der Waals surface area contributed by atoms with Crippen LogP contribution < -0.4 is 0 Å². The van der Waals surface area contributed by atoms with E-state index in [2.05, 4.69) is 4.74 Å². The molecular weight excluding hydrogens is 303 g/mol. The Balaban J connectivity index is 2.21. The van der Waals surface area contributed by atoms with Crippen LogP contribution in [0.25, 0.3) is 0 Å². The van der Waals surface area contributed by atoms with E-state index in [4.69, 9.17) is 27.9 Å². The second kappa shape index (κ2) is 9.39. The summed E-state index contributed by atoms with van der Waals surface area (Å²) in [5.41, 5.74) is 1.07. The van der Waals surface area contributed by atoms with Gasteiger partial charge in [-0.2, -0.15) is 0 Å². The minimum Gasteiger partial charge on any atom is -0.462 e. The molecule has 108 valence electrons. The van der Waals surface area contributed by atoms with Crippen molar-refractivity contribution in [1.82, 2.24) is 0 Å². The van der Waals surface area contributed by atoms with Crippen LogP contribution in [0.2, 0.25) is 0 Å². The van der Waals surface area contributed by atoms with E-state index in [1.165, 1.54) is 0 Å². The molecule has 0 aliphatic rings. The first kappa shape index (κ1) is 16.5. The fraction of sp³-hybridized carbons (Fsp3) is 0.286. The molecule has 0 atom stereocenters. The third-order valence-electron chi connectivity index (χ3n) is 2.18. The summed E-state index contributed by atoms with van der Waals surface area (Å²) in [6, 6.07) is 9.61. The van der Waals surface area contributed by atoms with Gasteiger partial charge in [0, 0.05) is 18.6 Å². The summed E-state index contributed by atoms with van der Waals surface area (Å²) >= 11 is 10.8. The van der Waals surface area contributed by atoms with Crippen LogP contribution in [0, 0.1) is 0 Å². The predicted molar refractivity (Wildman–Crippen MR) is 76.7 cm³/mol. The number of ether oxygens (including phenoxy) is 2. The first-order valence-corrected chi connectivity index (χ1v) is 6.79. The Kier molecular flexibility index (Phi) is 7.77. The van der Waals surface area contributed by atoms with Crippen molar-refractivity contribution in [2.24, 2.45) is 0 Å². The van der Waals surface area contributed by atoms with Crippen LogP contribution in [0.5, 0.6) is 0 Å². The van der Waals surface area contributed by atoms with E-state index >= 15 is 0 Å². The zero-order valence-electron chi connectivity index (χ0n) is 10.6. The lowest BCUT2D eigenvalue weighted by atomic mass is 10.2. The third-order valence-corrected chi connectivity index (χ3v) is 2.44. The van der Waals surface area contributed by atoms with Gasteiger partial charge in [0.25, 0.3) is 0 Å². The maximum absolute atomic E-state index is 11.3. The van der Waals surface area contributed by atoms with E-state index in [9.17, 15) is 9.59 Å². The van der Waals surface area contributed by atoms with Crippen molar-refractivity contribution in [3.8, 4) is 0 Å². The highest BCUT2D eigenvalue weighted by Crippen LogP contribution is 2.02. The number of esters is 2. The normalized spacial score (nSPS) is 10.8. The molecule has 1 aromatic carbocycles. The molecule has 4 nitrogen and oxygen atoms in total. The highest BCUT2D eigenvalue weighted by molar-refractivity contribution is 6.44. The van der Waals surface area contributed by atoms with Crippen LogP contribution in [0.15, 0.2) is 42.5 Å². The Morgan fingerprint density at radius 2 is 1.65 bits per heavy atom. The molecule has 0 N–H and O–H groups in total. The van der Waals surface area contributed by atoms with Crippen molar-refractivity contribution in [3.05, 3.63) is 48.0 Å². The lowest BCUT2D eigenvalue weighted by molar-refractivity contribution is -0.140. The molecule has 1 rings (SSSR count). The quantitative estimate of drug-likeness (QED) is 0.441. The van der Waals surface area contributed by atoms with Crippen molar-refractivity contribution in [2.75, 3.05) is 13.2 Å². The molecule has 6 heteroatoms. The number of benzene rings is 1. The Morgan fingerprint density at radius 3 is 2.25 bits per heavy atom. The van der Waals surface area contributed by atoms with Gasteiger partial charge in [-0.25, -0.2) is 9.59 Å². The molecule has 0 bridgehead atoms. The minimum atomic E-state index is -0.787. The molecule has 0 spiro atoms. The standard InChI is InChI=1S/C14H14Cl2O4/c15-12(16)10-20-14(18)7-6-13(17)19-9-8-11-4-2-1-3-5-11/h1-7,12H,8-10H2/b7-6+. The molecular formula is C14H14Cl2O4. The van der Waals surface area contributed by atoms with Crippen LogP contribution in [0.1, 0.15) is 5.56 Å². The third kappa shape index (κ3) is 7.81. The van der Waals surface area contributed by atoms with Crippen LogP contribution in [0.4, 0.5) is 0 Å². The summed E-state index contributed by atoms with van der Waals surface area (Å²) in [6.07, 6.45) is 2.59. The van der Waals surface area contributed by atoms with Gasteiger partial charge in [-0.1, -0.05) is 30.3 Å². The van der Waals surface area contributed by atoms with Crippen molar-refractivity contribution in [1.29, 1.82) is 0 Å². The van der Waals surface area contributed by atoms with Crippen LogP contribution in [0.3, 0.4) is 0 Å². The number of hydrogen-bond acceptors (Lipinski definition) is 4. The topological polar surface area (TPSA) is 52.6 Å². The second-order valence-corrected chi connectivity index (χ2v) is 5.03. The average molecular weight is 317 g/mol. The lowest BCUT2D eigenvalue weighted by Gasteiger charge is -2.02. The molecule has 0 heterocycles. The number of hydrogen-bond donors (Lipinski definition) is 0. The second-order valence-electron chi connectivity index (χ2n) is 3.76. The van der Waals surface area contributed by atoms with Gasteiger partial charge < -0.3 is 9.47 Å². The lowest BCUT2D eigenvalue weighted by Crippen LogP contribution is -2.09. The summed E-state index contributed by atoms with van der Waals surface area (Å²) < 4.78 is 9.57. The van der Waals surface area contributed by atoms with Gasteiger partial charge in [0.15, 0.2) is 0 Å². The Labute approximate surface area is 127 Å². The van der Waals surface area contributed by atoms with E-state index in [0.29, 0.717) is 6.42 Å². The highest BCUT2D eigenvalue weighted by Gasteiger charge is 2.04. The maximum atomic E-state index is 11.3. The van der Waals surface area contributed by atoms with Gasteiger partial charge in [-0.15, -0.1) is 23.2 Å². The fourth-order valence-corrected chi connectivity index (χ4v) is 1.42. The Morgan fingerprint density at radius 1 is 1.05 bits per heavy atom. The fourth-order valence-electron chi connectivity index (χ4n) is 1.29. The van der Waals surface area contributed by atoms with Gasteiger partial charge in [0.05, 0.1) is 6.61 Å². The molecule has 0 saturated heterocycles. The number of alkyl halides is 2.